The SMILES string of the molecule is C=C/C=C(\C=C)C(c1ccccc1)c1ccccc1.O=C(O)c1nc2ccccc2n1CCCS. The number of carboxylic acids is 1. The Balaban J connectivity index is 0.000000198. The van der Waals surface area contributed by atoms with Crippen LogP contribution >= 0.6 is 12.6 Å². The van der Waals surface area contributed by atoms with Gasteiger partial charge in [-0.3, -0.25) is 0 Å². The monoisotopic (exact) mass is 482 g/mol. The van der Waals surface area contributed by atoms with Crippen molar-refractivity contribution < 1.29 is 9.90 Å². The molecule has 0 aliphatic rings. The Labute approximate surface area is 212 Å². The third-order valence-corrected chi connectivity index (χ3v) is 5.85. The normalized spacial score (nSPS) is 11.1. The fourth-order valence-corrected chi connectivity index (χ4v) is 4.12. The second-order valence-corrected chi connectivity index (χ2v) is 8.27. The molecule has 0 spiro atoms. The lowest BCUT2D eigenvalue weighted by atomic mass is 9.84. The third kappa shape index (κ3) is 6.61. The first-order valence-electron chi connectivity index (χ1n) is 11.4. The molecule has 4 aromatic rings. The number of para-hydroxylation sites is 2. The molecule has 0 saturated carbocycles. The molecule has 0 saturated heterocycles. The summed E-state index contributed by atoms with van der Waals surface area (Å²) in [7, 11) is 0. The second-order valence-electron chi connectivity index (χ2n) is 7.82. The van der Waals surface area contributed by atoms with Crippen LogP contribution in [0.4, 0.5) is 0 Å². The van der Waals surface area contributed by atoms with Crippen molar-refractivity contribution in [3.05, 3.63) is 139 Å². The number of hydrogen-bond donors (Lipinski definition) is 2. The highest BCUT2D eigenvalue weighted by Crippen LogP contribution is 2.32. The number of nitrogens with zero attached hydrogens (tertiary/aromatic N) is 2. The predicted octanol–water partition coefficient (Wildman–Crippen LogP) is 7.17. The summed E-state index contributed by atoms with van der Waals surface area (Å²) >= 11 is 4.13. The number of thiol groups is 1. The minimum atomic E-state index is -0.990. The van der Waals surface area contributed by atoms with Crippen molar-refractivity contribution in [2.24, 2.45) is 0 Å². The van der Waals surface area contributed by atoms with Gasteiger partial charge in [0.1, 0.15) is 0 Å². The smallest absolute Gasteiger partial charge is 0.372 e. The number of fused-ring (bicyclic) bond motifs is 1. The molecule has 1 N–H and O–H groups in total. The van der Waals surface area contributed by atoms with Crippen molar-refractivity contribution in [1.82, 2.24) is 9.55 Å². The first-order valence-corrected chi connectivity index (χ1v) is 12.1. The maximum atomic E-state index is 11.1. The van der Waals surface area contributed by atoms with E-state index in [1.807, 2.05) is 54.6 Å². The molecule has 4 nitrogen and oxygen atoms in total. The number of aromatic carboxylic acids is 1. The van der Waals surface area contributed by atoms with Crippen molar-refractivity contribution in [1.29, 1.82) is 0 Å². The Morgan fingerprint density at radius 3 is 2.03 bits per heavy atom. The van der Waals surface area contributed by atoms with Gasteiger partial charge in [-0.05, 0) is 41.0 Å². The van der Waals surface area contributed by atoms with Crippen LogP contribution in [-0.2, 0) is 6.54 Å². The molecule has 178 valence electrons. The molecular weight excluding hydrogens is 452 g/mol. The molecule has 3 aromatic carbocycles. The average molecular weight is 483 g/mol. The summed E-state index contributed by atoms with van der Waals surface area (Å²) in [6, 6.07) is 28.4. The zero-order valence-corrected chi connectivity index (χ0v) is 20.5. The lowest BCUT2D eigenvalue weighted by Gasteiger charge is -2.19. The van der Waals surface area contributed by atoms with Gasteiger partial charge in [-0.1, -0.05) is 104 Å². The molecule has 1 heterocycles. The highest BCUT2D eigenvalue weighted by Gasteiger charge is 2.16. The molecule has 0 radical (unpaired) electrons. The van der Waals surface area contributed by atoms with E-state index in [0.717, 1.165) is 28.8 Å². The highest BCUT2D eigenvalue weighted by atomic mass is 32.1. The number of carbonyl (C=O) groups is 1. The number of hydrogen-bond acceptors (Lipinski definition) is 3. The van der Waals surface area contributed by atoms with Crippen molar-refractivity contribution in [2.75, 3.05) is 5.75 Å². The molecule has 0 aliphatic carbocycles. The van der Waals surface area contributed by atoms with Crippen molar-refractivity contribution >= 4 is 29.6 Å². The van der Waals surface area contributed by atoms with Gasteiger partial charge >= 0.3 is 5.97 Å². The Bertz CT molecular complexity index is 1250. The zero-order valence-electron chi connectivity index (χ0n) is 19.6. The molecule has 4 rings (SSSR count). The van der Waals surface area contributed by atoms with Gasteiger partial charge in [0.25, 0.3) is 0 Å². The maximum absolute atomic E-state index is 11.1. The number of allylic oxidation sites excluding steroid dienone is 4. The number of aromatic nitrogens is 2. The fraction of sp³-hybridized carbons (Fsp3) is 0.133. The summed E-state index contributed by atoms with van der Waals surface area (Å²) in [5.74, 6) is 0.0437. The Morgan fingerprint density at radius 1 is 0.943 bits per heavy atom. The number of rotatable bonds is 9. The van der Waals surface area contributed by atoms with Crippen LogP contribution in [0.25, 0.3) is 11.0 Å². The largest absolute Gasteiger partial charge is 0.475 e. The molecule has 5 heteroatoms. The minimum Gasteiger partial charge on any atom is -0.475 e. The van der Waals surface area contributed by atoms with Crippen molar-refractivity contribution in [3.63, 3.8) is 0 Å². The van der Waals surface area contributed by atoms with Gasteiger partial charge in [0.2, 0.25) is 5.82 Å². The lowest BCUT2D eigenvalue weighted by Crippen LogP contribution is -2.10. The van der Waals surface area contributed by atoms with E-state index >= 15 is 0 Å². The lowest BCUT2D eigenvalue weighted by molar-refractivity contribution is 0.0678. The molecule has 0 unspecified atom stereocenters. The molecule has 1 aromatic heterocycles. The molecule has 0 amide bonds. The van der Waals surface area contributed by atoms with Crippen LogP contribution in [0, 0.1) is 0 Å². The first kappa shape index (κ1) is 25.8. The Morgan fingerprint density at radius 2 is 1.51 bits per heavy atom. The van der Waals surface area contributed by atoms with E-state index in [1.165, 1.54) is 11.1 Å². The summed E-state index contributed by atoms with van der Waals surface area (Å²) in [5.41, 5.74) is 5.27. The quantitative estimate of drug-likeness (QED) is 0.196. The van der Waals surface area contributed by atoms with Crippen molar-refractivity contribution in [2.45, 2.75) is 18.9 Å². The molecule has 0 bridgehead atoms. The van der Waals surface area contributed by atoms with Gasteiger partial charge in [0.15, 0.2) is 0 Å². The van der Waals surface area contributed by atoms with E-state index in [-0.39, 0.29) is 11.7 Å². The average Bonchev–Trinajstić information content (AvgIpc) is 3.28. The zero-order chi connectivity index (χ0) is 25.0. The number of aryl methyl sites for hydroxylation is 1. The number of imidazole rings is 1. The third-order valence-electron chi connectivity index (χ3n) is 5.53. The molecule has 0 fully saturated rings. The molecular formula is C30H30N2O2S. The van der Waals surface area contributed by atoms with Gasteiger partial charge in [-0.25, -0.2) is 9.78 Å². The van der Waals surface area contributed by atoms with Crippen LogP contribution in [0.1, 0.15) is 34.1 Å². The molecule has 35 heavy (non-hydrogen) atoms. The topological polar surface area (TPSA) is 55.1 Å². The van der Waals surface area contributed by atoms with Gasteiger partial charge < -0.3 is 9.67 Å². The summed E-state index contributed by atoms with van der Waals surface area (Å²) in [4.78, 5) is 15.2. The summed E-state index contributed by atoms with van der Waals surface area (Å²) < 4.78 is 1.73. The van der Waals surface area contributed by atoms with E-state index < -0.39 is 5.97 Å². The number of benzene rings is 3. The summed E-state index contributed by atoms with van der Waals surface area (Å²) in [6.07, 6.45) is 6.57. The van der Waals surface area contributed by atoms with Crippen LogP contribution in [-0.4, -0.2) is 26.4 Å². The summed E-state index contributed by atoms with van der Waals surface area (Å²) in [6.45, 7) is 8.36. The maximum Gasteiger partial charge on any atom is 0.372 e. The number of carboxylic acid groups (broad SMARTS) is 1. The van der Waals surface area contributed by atoms with Gasteiger partial charge in [0, 0.05) is 12.5 Å². The predicted molar refractivity (Wildman–Crippen MR) is 148 cm³/mol. The molecule has 0 atom stereocenters. The molecule has 0 aliphatic heterocycles. The highest BCUT2D eigenvalue weighted by molar-refractivity contribution is 7.80. The van der Waals surface area contributed by atoms with Crippen LogP contribution < -0.4 is 0 Å². The van der Waals surface area contributed by atoms with Crippen molar-refractivity contribution in [3.8, 4) is 0 Å². The van der Waals surface area contributed by atoms with E-state index in [4.69, 9.17) is 5.11 Å². The Hall–Kier alpha value is -3.83. The Kier molecular flexibility index (Phi) is 9.69. The van der Waals surface area contributed by atoms with Crippen LogP contribution in [0.3, 0.4) is 0 Å². The van der Waals surface area contributed by atoms with Crippen LogP contribution in [0.2, 0.25) is 0 Å². The van der Waals surface area contributed by atoms with Gasteiger partial charge in [-0.15, -0.1) is 0 Å². The minimum absolute atomic E-state index is 0.1000. The standard InChI is InChI=1S/C19H18.C11H12N2O2S/c1-3-11-16(4-2)19(17-12-7-5-8-13-17)18-14-9-6-10-15-18;14-11(15)10-12-8-4-1-2-5-9(8)13(10)6-3-7-16/h3-15,19H,1-2H2;1-2,4-5,16H,3,6-7H2,(H,14,15)/b16-11+;. The van der Waals surface area contributed by atoms with E-state index in [1.54, 1.807) is 4.57 Å². The van der Waals surface area contributed by atoms with E-state index in [0.29, 0.717) is 6.54 Å². The first-order chi connectivity index (χ1) is 17.1. The van der Waals surface area contributed by atoms with E-state index in [9.17, 15) is 4.79 Å². The van der Waals surface area contributed by atoms with E-state index in [2.05, 4.69) is 79.3 Å². The fourth-order valence-electron chi connectivity index (χ4n) is 3.98. The van der Waals surface area contributed by atoms with Gasteiger partial charge in [0.05, 0.1) is 11.0 Å². The second kappa shape index (κ2) is 13.2. The van der Waals surface area contributed by atoms with Crippen LogP contribution in [0.15, 0.2) is 122 Å². The summed E-state index contributed by atoms with van der Waals surface area (Å²) in [5, 5.41) is 9.06. The van der Waals surface area contributed by atoms with Crippen LogP contribution in [0.5, 0.6) is 0 Å². The van der Waals surface area contributed by atoms with Gasteiger partial charge in [-0.2, -0.15) is 12.6 Å².